The Hall–Kier alpha value is -1.14. The van der Waals surface area contributed by atoms with E-state index >= 15 is 0 Å². The van der Waals surface area contributed by atoms with Gasteiger partial charge in [-0.1, -0.05) is 6.92 Å². The van der Waals surface area contributed by atoms with Crippen molar-refractivity contribution in [3.8, 4) is 0 Å². The molecule has 0 saturated carbocycles. The second-order valence-electron chi connectivity index (χ2n) is 6.92. The first-order valence-corrected chi connectivity index (χ1v) is 10.4. The van der Waals surface area contributed by atoms with Crippen LogP contribution in [-0.2, 0) is 12.8 Å². The van der Waals surface area contributed by atoms with Crippen LogP contribution < -0.4 is 10.6 Å². The van der Waals surface area contributed by atoms with Crippen molar-refractivity contribution in [1.29, 1.82) is 0 Å². The SMILES string of the molecule is CCc1nc(CCNC(=NC)NCCCN(C(C)C)C(C)C)sc1C. The standard InChI is InChI=1S/C19H37N5S/c1-8-17-16(6)25-18(23-17)10-12-22-19(20-7)21-11-9-13-24(14(2)3)15(4)5/h14-15H,8-13H2,1-7H3,(H2,20,21,22). The number of rotatable bonds is 10. The van der Waals surface area contributed by atoms with Crippen LogP contribution in [0.4, 0.5) is 0 Å². The van der Waals surface area contributed by atoms with Gasteiger partial charge in [-0.05, 0) is 47.5 Å². The number of aliphatic imine (C=N–C) groups is 1. The third-order valence-corrected chi connectivity index (χ3v) is 5.41. The average Bonchev–Trinajstić information content (AvgIpc) is 2.92. The maximum atomic E-state index is 4.69. The molecule has 1 aromatic rings. The molecule has 1 rings (SSSR count). The third kappa shape index (κ3) is 7.74. The number of nitrogens with zero attached hydrogens (tertiary/aromatic N) is 3. The Labute approximate surface area is 158 Å². The molecule has 0 aliphatic carbocycles. The van der Waals surface area contributed by atoms with E-state index in [1.165, 1.54) is 15.6 Å². The van der Waals surface area contributed by atoms with Gasteiger partial charge in [0.05, 0.1) is 10.7 Å². The molecule has 1 aromatic heterocycles. The largest absolute Gasteiger partial charge is 0.356 e. The maximum Gasteiger partial charge on any atom is 0.190 e. The van der Waals surface area contributed by atoms with Crippen molar-refractivity contribution in [2.45, 2.75) is 72.9 Å². The van der Waals surface area contributed by atoms with Crippen molar-refractivity contribution in [1.82, 2.24) is 20.5 Å². The predicted octanol–water partition coefficient (Wildman–Crippen LogP) is 3.23. The summed E-state index contributed by atoms with van der Waals surface area (Å²) in [6, 6.07) is 1.18. The second kappa shape index (κ2) is 11.5. The molecule has 0 bridgehead atoms. The number of nitrogens with one attached hydrogen (secondary N) is 2. The monoisotopic (exact) mass is 367 g/mol. The van der Waals surface area contributed by atoms with Crippen molar-refractivity contribution in [2.24, 2.45) is 4.99 Å². The highest BCUT2D eigenvalue weighted by atomic mass is 32.1. The molecule has 144 valence electrons. The molecule has 0 saturated heterocycles. The zero-order chi connectivity index (χ0) is 18.8. The van der Waals surface area contributed by atoms with Crippen LogP contribution in [0.5, 0.6) is 0 Å². The van der Waals surface area contributed by atoms with E-state index in [9.17, 15) is 0 Å². The van der Waals surface area contributed by atoms with Crippen molar-refractivity contribution in [2.75, 3.05) is 26.7 Å². The van der Waals surface area contributed by atoms with Crippen LogP contribution in [0.3, 0.4) is 0 Å². The molecular formula is C19H37N5S. The smallest absolute Gasteiger partial charge is 0.190 e. The molecule has 0 unspecified atom stereocenters. The number of hydrogen-bond donors (Lipinski definition) is 2. The van der Waals surface area contributed by atoms with E-state index in [-0.39, 0.29) is 0 Å². The highest BCUT2D eigenvalue weighted by Gasteiger charge is 2.12. The van der Waals surface area contributed by atoms with E-state index in [0.717, 1.165) is 44.9 Å². The fraction of sp³-hybridized carbons (Fsp3) is 0.789. The van der Waals surface area contributed by atoms with Gasteiger partial charge in [-0.25, -0.2) is 4.98 Å². The summed E-state index contributed by atoms with van der Waals surface area (Å²) in [7, 11) is 1.83. The summed E-state index contributed by atoms with van der Waals surface area (Å²) >= 11 is 1.81. The van der Waals surface area contributed by atoms with Gasteiger partial charge in [0.1, 0.15) is 0 Å². The Kier molecular flexibility index (Phi) is 10.0. The second-order valence-corrected chi connectivity index (χ2v) is 8.21. The van der Waals surface area contributed by atoms with Gasteiger partial charge < -0.3 is 10.6 Å². The van der Waals surface area contributed by atoms with Crippen molar-refractivity contribution in [3.63, 3.8) is 0 Å². The van der Waals surface area contributed by atoms with E-state index in [1.54, 1.807) is 0 Å². The van der Waals surface area contributed by atoms with Gasteiger partial charge in [0.2, 0.25) is 0 Å². The molecule has 0 aliphatic heterocycles. The van der Waals surface area contributed by atoms with Crippen LogP contribution in [0.25, 0.3) is 0 Å². The summed E-state index contributed by atoms with van der Waals surface area (Å²) in [6.07, 6.45) is 3.08. The molecular weight excluding hydrogens is 330 g/mol. The van der Waals surface area contributed by atoms with E-state index in [1.807, 2.05) is 18.4 Å². The first-order valence-electron chi connectivity index (χ1n) is 9.54. The van der Waals surface area contributed by atoms with Gasteiger partial charge in [-0.2, -0.15) is 0 Å². The average molecular weight is 368 g/mol. The molecule has 0 aromatic carbocycles. The van der Waals surface area contributed by atoms with Crippen molar-refractivity contribution < 1.29 is 0 Å². The van der Waals surface area contributed by atoms with Gasteiger partial charge in [-0.15, -0.1) is 11.3 Å². The number of aryl methyl sites for hydroxylation is 2. The molecule has 25 heavy (non-hydrogen) atoms. The molecule has 0 radical (unpaired) electrons. The molecule has 6 heteroatoms. The number of aromatic nitrogens is 1. The number of thiazole rings is 1. The van der Waals surface area contributed by atoms with Gasteiger partial charge in [0.25, 0.3) is 0 Å². The van der Waals surface area contributed by atoms with Crippen molar-refractivity contribution in [3.05, 3.63) is 15.6 Å². The minimum absolute atomic E-state index is 0.590. The van der Waals surface area contributed by atoms with E-state index in [0.29, 0.717) is 12.1 Å². The lowest BCUT2D eigenvalue weighted by Gasteiger charge is -2.30. The molecule has 0 amide bonds. The summed E-state index contributed by atoms with van der Waals surface area (Å²) in [5.74, 6) is 0.879. The quantitative estimate of drug-likeness (QED) is 0.379. The molecule has 0 aliphatic rings. The molecule has 0 atom stereocenters. The lowest BCUT2D eigenvalue weighted by molar-refractivity contribution is 0.173. The van der Waals surface area contributed by atoms with Gasteiger partial charge in [-0.3, -0.25) is 9.89 Å². The van der Waals surface area contributed by atoms with Gasteiger partial charge in [0.15, 0.2) is 5.96 Å². The van der Waals surface area contributed by atoms with Crippen molar-refractivity contribution >= 4 is 17.3 Å². The van der Waals surface area contributed by atoms with E-state index in [2.05, 4.69) is 62.1 Å². The fourth-order valence-corrected chi connectivity index (χ4v) is 4.03. The maximum absolute atomic E-state index is 4.69. The Bertz CT molecular complexity index is 514. The number of hydrogen-bond acceptors (Lipinski definition) is 4. The minimum atomic E-state index is 0.590. The summed E-state index contributed by atoms with van der Waals surface area (Å²) in [6.45, 7) is 16.3. The fourth-order valence-electron chi connectivity index (χ4n) is 3.01. The summed E-state index contributed by atoms with van der Waals surface area (Å²) in [5, 5.41) is 8.01. The Morgan fingerprint density at radius 2 is 1.80 bits per heavy atom. The van der Waals surface area contributed by atoms with Crippen LogP contribution in [0.15, 0.2) is 4.99 Å². The molecule has 2 N–H and O–H groups in total. The highest BCUT2D eigenvalue weighted by Crippen LogP contribution is 2.17. The first-order chi connectivity index (χ1) is 11.9. The first kappa shape index (κ1) is 21.9. The van der Waals surface area contributed by atoms with Crippen LogP contribution in [0.1, 0.15) is 56.6 Å². The van der Waals surface area contributed by atoms with Crippen LogP contribution in [0.2, 0.25) is 0 Å². The minimum Gasteiger partial charge on any atom is -0.356 e. The molecule has 1 heterocycles. The zero-order valence-corrected chi connectivity index (χ0v) is 18.0. The van der Waals surface area contributed by atoms with Gasteiger partial charge >= 0.3 is 0 Å². The predicted molar refractivity (Wildman–Crippen MR) is 111 cm³/mol. The number of guanidine groups is 1. The third-order valence-electron chi connectivity index (χ3n) is 4.34. The molecule has 5 nitrogen and oxygen atoms in total. The van der Waals surface area contributed by atoms with Crippen LogP contribution >= 0.6 is 11.3 Å². The zero-order valence-electron chi connectivity index (χ0n) is 17.1. The lowest BCUT2D eigenvalue weighted by Crippen LogP contribution is -2.41. The Balaban J connectivity index is 2.28. The summed E-state index contributed by atoms with van der Waals surface area (Å²) in [5.41, 5.74) is 1.24. The summed E-state index contributed by atoms with van der Waals surface area (Å²) < 4.78 is 0. The highest BCUT2D eigenvalue weighted by molar-refractivity contribution is 7.11. The van der Waals surface area contributed by atoms with E-state index < -0.39 is 0 Å². The Morgan fingerprint density at radius 3 is 2.32 bits per heavy atom. The molecule has 0 fully saturated rings. The lowest BCUT2D eigenvalue weighted by atomic mass is 10.2. The Morgan fingerprint density at radius 1 is 1.16 bits per heavy atom. The van der Waals surface area contributed by atoms with Crippen LogP contribution in [-0.4, -0.2) is 54.6 Å². The van der Waals surface area contributed by atoms with Gasteiger partial charge in [0, 0.05) is 50.1 Å². The van der Waals surface area contributed by atoms with Crippen LogP contribution in [0, 0.1) is 6.92 Å². The molecule has 0 spiro atoms. The summed E-state index contributed by atoms with van der Waals surface area (Å²) in [4.78, 5) is 12.9. The van der Waals surface area contributed by atoms with E-state index in [4.69, 9.17) is 4.98 Å². The normalized spacial score (nSPS) is 12.5. The topological polar surface area (TPSA) is 52.6 Å².